The maximum atomic E-state index is 13.4. The van der Waals surface area contributed by atoms with E-state index in [0.717, 1.165) is 18.6 Å². The van der Waals surface area contributed by atoms with Gasteiger partial charge in [0.25, 0.3) is 0 Å². The molecule has 5 heteroatoms. The zero-order chi connectivity index (χ0) is 15.4. The van der Waals surface area contributed by atoms with Crippen molar-refractivity contribution in [1.29, 1.82) is 0 Å². The lowest BCUT2D eigenvalue weighted by Gasteiger charge is -2.14. The molecule has 1 atom stereocenters. The Labute approximate surface area is 132 Å². The summed E-state index contributed by atoms with van der Waals surface area (Å²) in [4.78, 5) is 0. The van der Waals surface area contributed by atoms with Crippen LogP contribution in [0.15, 0.2) is 36.4 Å². The monoisotopic (exact) mass is 330 g/mol. The summed E-state index contributed by atoms with van der Waals surface area (Å²) in [6.45, 7) is 2.61. The van der Waals surface area contributed by atoms with Crippen LogP contribution >= 0.6 is 23.2 Å². The predicted molar refractivity (Wildman–Crippen MR) is 81.3 cm³/mol. The topological polar surface area (TPSA) is 9.23 Å². The van der Waals surface area contributed by atoms with Crippen molar-refractivity contribution in [2.75, 3.05) is 6.61 Å². The van der Waals surface area contributed by atoms with Crippen molar-refractivity contribution in [2.45, 2.75) is 18.7 Å². The van der Waals surface area contributed by atoms with Crippen LogP contribution in [0.4, 0.5) is 8.78 Å². The molecule has 0 radical (unpaired) electrons. The van der Waals surface area contributed by atoms with Crippen molar-refractivity contribution in [1.82, 2.24) is 0 Å². The van der Waals surface area contributed by atoms with Crippen LogP contribution in [0.3, 0.4) is 0 Å². The summed E-state index contributed by atoms with van der Waals surface area (Å²) in [5.41, 5.74) is 1.03. The van der Waals surface area contributed by atoms with Crippen molar-refractivity contribution < 1.29 is 13.5 Å². The quantitative estimate of drug-likeness (QED) is 0.502. The summed E-state index contributed by atoms with van der Waals surface area (Å²) in [6, 6.07) is 9.12. The van der Waals surface area contributed by atoms with E-state index in [0.29, 0.717) is 23.5 Å². The van der Waals surface area contributed by atoms with Gasteiger partial charge in [-0.15, -0.1) is 11.6 Å². The molecule has 0 aliphatic heterocycles. The van der Waals surface area contributed by atoms with Gasteiger partial charge >= 0.3 is 0 Å². The van der Waals surface area contributed by atoms with E-state index in [1.54, 1.807) is 18.2 Å². The van der Waals surface area contributed by atoms with E-state index in [1.165, 1.54) is 0 Å². The first-order valence-corrected chi connectivity index (χ1v) is 7.35. The second-order valence-electron chi connectivity index (χ2n) is 4.57. The Bertz CT molecular complexity index is 632. The number of alkyl halides is 1. The molecular weight excluding hydrogens is 317 g/mol. The van der Waals surface area contributed by atoms with Crippen LogP contribution in [0.2, 0.25) is 5.02 Å². The minimum absolute atomic E-state index is 0.0915. The number of halogens is 4. The first-order chi connectivity index (χ1) is 10.0. The van der Waals surface area contributed by atoms with Crippen LogP contribution in [0.1, 0.15) is 29.8 Å². The van der Waals surface area contributed by atoms with Gasteiger partial charge in [0.2, 0.25) is 0 Å². The molecule has 0 spiro atoms. The number of rotatable bonds is 5. The highest BCUT2D eigenvalue weighted by Crippen LogP contribution is 2.35. The molecule has 0 heterocycles. The SMILES string of the molecule is CCCOc1cccc(C(Cl)c2cc(F)c(F)cc2Cl)c1. The molecule has 1 nitrogen and oxygen atoms in total. The second kappa shape index (κ2) is 7.10. The van der Waals surface area contributed by atoms with Crippen molar-refractivity contribution >= 4 is 23.2 Å². The molecule has 0 aromatic heterocycles. The van der Waals surface area contributed by atoms with Gasteiger partial charge in [0.15, 0.2) is 11.6 Å². The summed E-state index contributed by atoms with van der Waals surface area (Å²) in [7, 11) is 0. The average Bonchev–Trinajstić information content (AvgIpc) is 2.48. The summed E-state index contributed by atoms with van der Waals surface area (Å²) in [5, 5.41) is -0.591. The Kier molecular flexibility index (Phi) is 5.43. The lowest BCUT2D eigenvalue weighted by molar-refractivity contribution is 0.317. The highest BCUT2D eigenvalue weighted by atomic mass is 35.5. The Morgan fingerprint density at radius 3 is 2.57 bits per heavy atom. The molecule has 2 aromatic carbocycles. The fourth-order valence-corrected chi connectivity index (χ4v) is 2.53. The van der Waals surface area contributed by atoms with Crippen LogP contribution in [0, 0.1) is 11.6 Å². The van der Waals surface area contributed by atoms with Gasteiger partial charge in [-0.05, 0) is 41.8 Å². The van der Waals surface area contributed by atoms with Crippen molar-refractivity contribution in [3.63, 3.8) is 0 Å². The minimum atomic E-state index is -0.993. The highest BCUT2D eigenvalue weighted by Gasteiger charge is 2.18. The zero-order valence-corrected chi connectivity index (χ0v) is 12.9. The molecule has 0 bridgehead atoms. The van der Waals surface area contributed by atoms with Crippen LogP contribution in [-0.2, 0) is 0 Å². The molecule has 0 aliphatic rings. The predicted octanol–water partition coefficient (Wildman–Crippen LogP) is 5.74. The zero-order valence-electron chi connectivity index (χ0n) is 11.4. The Balaban J connectivity index is 2.31. The van der Waals surface area contributed by atoms with Crippen LogP contribution in [-0.4, -0.2) is 6.61 Å². The van der Waals surface area contributed by atoms with Gasteiger partial charge in [-0.25, -0.2) is 8.78 Å². The third-order valence-corrected chi connectivity index (χ3v) is 3.75. The van der Waals surface area contributed by atoms with Crippen LogP contribution < -0.4 is 4.74 Å². The lowest BCUT2D eigenvalue weighted by Crippen LogP contribution is -1.99. The Morgan fingerprint density at radius 2 is 1.86 bits per heavy atom. The van der Waals surface area contributed by atoms with Crippen LogP contribution in [0.5, 0.6) is 5.75 Å². The van der Waals surface area contributed by atoms with Crippen molar-refractivity contribution in [3.05, 3.63) is 64.2 Å². The van der Waals surface area contributed by atoms with E-state index in [1.807, 2.05) is 13.0 Å². The van der Waals surface area contributed by atoms with E-state index in [-0.39, 0.29) is 5.02 Å². The molecule has 112 valence electrons. The van der Waals surface area contributed by atoms with Gasteiger partial charge in [0.1, 0.15) is 5.75 Å². The van der Waals surface area contributed by atoms with Gasteiger partial charge in [0.05, 0.1) is 12.0 Å². The normalized spacial score (nSPS) is 12.2. The average molecular weight is 331 g/mol. The van der Waals surface area contributed by atoms with Gasteiger partial charge in [0, 0.05) is 5.02 Å². The second-order valence-corrected chi connectivity index (χ2v) is 5.41. The van der Waals surface area contributed by atoms with Gasteiger partial charge < -0.3 is 4.74 Å². The summed E-state index contributed by atoms with van der Waals surface area (Å²) < 4.78 is 32.0. The molecule has 1 unspecified atom stereocenters. The third-order valence-electron chi connectivity index (χ3n) is 2.94. The molecule has 0 N–H and O–H groups in total. The van der Waals surface area contributed by atoms with E-state index in [4.69, 9.17) is 27.9 Å². The summed E-state index contributed by atoms with van der Waals surface area (Å²) in [6.07, 6.45) is 0.892. The van der Waals surface area contributed by atoms with Gasteiger partial charge in [-0.2, -0.15) is 0 Å². The van der Waals surface area contributed by atoms with Crippen molar-refractivity contribution in [3.8, 4) is 5.75 Å². The number of benzene rings is 2. The number of hydrogen-bond donors (Lipinski definition) is 0. The lowest BCUT2D eigenvalue weighted by atomic mass is 10.0. The number of hydrogen-bond acceptors (Lipinski definition) is 1. The molecule has 0 aliphatic carbocycles. The Morgan fingerprint density at radius 1 is 1.14 bits per heavy atom. The number of ether oxygens (including phenoxy) is 1. The summed E-state index contributed by atoms with van der Waals surface area (Å²) >= 11 is 12.3. The standard InChI is InChI=1S/C16H14Cl2F2O/c1-2-6-21-11-5-3-4-10(7-11)16(18)12-8-14(19)15(20)9-13(12)17/h3-5,7-9,16H,2,6H2,1H3. The Hall–Kier alpha value is -1.32. The van der Waals surface area contributed by atoms with Gasteiger partial charge in [-0.3, -0.25) is 0 Å². The van der Waals surface area contributed by atoms with E-state index >= 15 is 0 Å². The first-order valence-electron chi connectivity index (χ1n) is 6.54. The third kappa shape index (κ3) is 3.86. The van der Waals surface area contributed by atoms with E-state index in [2.05, 4.69) is 0 Å². The minimum Gasteiger partial charge on any atom is -0.494 e. The molecule has 0 fully saturated rings. The molecule has 21 heavy (non-hydrogen) atoms. The fraction of sp³-hybridized carbons (Fsp3) is 0.250. The first kappa shape index (κ1) is 16.1. The van der Waals surface area contributed by atoms with Gasteiger partial charge in [-0.1, -0.05) is 30.7 Å². The largest absolute Gasteiger partial charge is 0.494 e. The van der Waals surface area contributed by atoms with E-state index in [9.17, 15) is 8.78 Å². The van der Waals surface area contributed by atoms with Crippen LogP contribution in [0.25, 0.3) is 0 Å². The molecule has 0 saturated carbocycles. The molecule has 2 rings (SSSR count). The highest BCUT2D eigenvalue weighted by molar-refractivity contribution is 6.33. The molecule has 0 amide bonds. The smallest absolute Gasteiger partial charge is 0.160 e. The molecule has 0 saturated heterocycles. The van der Waals surface area contributed by atoms with Crippen molar-refractivity contribution in [2.24, 2.45) is 0 Å². The maximum Gasteiger partial charge on any atom is 0.160 e. The summed E-state index contributed by atoms with van der Waals surface area (Å²) in [5.74, 6) is -1.29. The van der Waals surface area contributed by atoms with E-state index < -0.39 is 17.0 Å². The maximum absolute atomic E-state index is 13.4. The molecule has 2 aromatic rings. The fourth-order valence-electron chi connectivity index (χ4n) is 1.89. The molecular formula is C16H14Cl2F2O.